The van der Waals surface area contributed by atoms with Gasteiger partial charge in [0.15, 0.2) is 0 Å². The van der Waals surface area contributed by atoms with Gasteiger partial charge in [-0.05, 0) is 36.1 Å². The summed E-state index contributed by atoms with van der Waals surface area (Å²) in [5.41, 5.74) is 1.55. The first-order valence-electron chi connectivity index (χ1n) is 9.93. The largest absolute Gasteiger partial charge is 0.354 e. The van der Waals surface area contributed by atoms with Crippen LogP contribution >= 0.6 is 0 Å². The Labute approximate surface area is 166 Å². The van der Waals surface area contributed by atoms with Crippen molar-refractivity contribution in [1.29, 1.82) is 0 Å². The van der Waals surface area contributed by atoms with Gasteiger partial charge < -0.3 is 10.2 Å². The zero-order chi connectivity index (χ0) is 20.4. The minimum atomic E-state index is -0.720. The second kappa shape index (κ2) is 11.2. The van der Waals surface area contributed by atoms with Crippen LogP contribution in [-0.2, 0) is 16.1 Å². The molecule has 0 heterocycles. The molecule has 150 valence electrons. The Morgan fingerprint density at radius 1 is 1.00 bits per heavy atom. The van der Waals surface area contributed by atoms with E-state index in [-0.39, 0.29) is 24.2 Å². The fourth-order valence-electron chi connectivity index (χ4n) is 3.06. The van der Waals surface area contributed by atoms with Crippen LogP contribution in [0.2, 0.25) is 0 Å². The summed E-state index contributed by atoms with van der Waals surface area (Å²) in [6.45, 7) is 4.82. The third-order valence-corrected chi connectivity index (χ3v) is 4.56. The van der Waals surface area contributed by atoms with Gasteiger partial charge in [0.25, 0.3) is 0 Å². The number of benzene rings is 2. The molecule has 0 spiro atoms. The highest BCUT2D eigenvalue weighted by atomic mass is 19.1. The zero-order valence-corrected chi connectivity index (χ0v) is 16.7. The van der Waals surface area contributed by atoms with Crippen molar-refractivity contribution in [2.45, 2.75) is 52.1 Å². The second-order valence-corrected chi connectivity index (χ2v) is 6.86. The molecular weight excluding hydrogens is 355 g/mol. The molecule has 2 amide bonds. The summed E-state index contributed by atoms with van der Waals surface area (Å²) < 4.78 is 13.3. The highest BCUT2D eigenvalue weighted by Crippen LogP contribution is 2.25. The fraction of sp³-hybridized carbons (Fsp3) is 0.391. The van der Waals surface area contributed by atoms with E-state index in [4.69, 9.17) is 0 Å². The van der Waals surface area contributed by atoms with Gasteiger partial charge in [0.2, 0.25) is 11.8 Å². The van der Waals surface area contributed by atoms with E-state index in [0.717, 1.165) is 24.0 Å². The van der Waals surface area contributed by atoms with Crippen molar-refractivity contribution in [3.63, 3.8) is 0 Å². The molecule has 5 heteroatoms. The second-order valence-electron chi connectivity index (χ2n) is 6.86. The molecule has 28 heavy (non-hydrogen) atoms. The Morgan fingerprint density at radius 2 is 1.68 bits per heavy atom. The van der Waals surface area contributed by atoms with Gasteiger partial charge >= 0.3 is 0 Å². The lowest BCUT2D eigenvalue weighted by Crippen LogP contribution is -2.43. The molecule has 2 aromatic rings. The van der Waals surface area contributed by atoms with Gasteiger partial charge in [0.1, 0.15) is 11.9 Å². The number of unbranched alkanes of at least 4 members (excludes halogenated alkanes) is 1. The SMILES string of the molecule is CCCCNC(=O)C(c1ccccc1)N(Cc1ccc(F)cc1)C(=O)CCC. The topological polar surface area (TPSA) is 49.4 Å². The summed E-state index contributed by atoms with van der Waals surface area (Å²) in [6.07, 6.45) is 2.91. The van der Waals surface area contributed by atoms with Crippen molar-refractivity contribution < 1.29 is 14.0 Å². The number of nitrogens with zero attached hydrogens (tertiary/aromatic N) is 1. The molecule has 0 aliphatic carbocycles. The first kappa shape index (κ1) is 21.6. The number of amides is 2. The van der Waals surface area contributed by atoms with Gasteiger partial charge in [-0.1, -0.05) is 62.7 Å². The Morgan fingerprint density at radius 3 is 2.29 bits per heavy atom. The third-order valence-electron chi connectivity index (χ3n) is 4.56. The molecular formula is C23H29FN2O2. The predicted molar refractivity (Wildman–Crippen MR) is 109 cm³/mol. The van der Waals surface area contributed by atoms with Gasteiger partial charge in [0.05, 0.1) is 0 Å². The Bertz CT molecular complexity index is 747. The van der Waals surface area contributed by atoms with Crippen LogP contribution in [0, 0.1) is 5.82 Å². The Kier molecular flexibility index (Phi) is 8.66. The smallest absolute Gasteiger partial charge is 0.247 e. The van der Waals surface area contributed by atoms with Crippen molar-refractivity contribution >= 4 is 11.8 Å². The van der Waals surface area contributed by atoms with Gasteiger partial charge in [-0.15, -0.1) is 0 Å². The molecule has 0 radical (unpaired) electrons. The van der Waals surface area contributed by atoms with E-state index < -0.39 is 6.04 Å². The van der Waals surface area contributed by atoms with E-state index in [9.17, 15) is 14.0 Å². The van der Waals surface area contributed by atoms with Crippen molar-refractivity contribution in [3.8, 4) is 0 Å². The molecule has 1 N–H and O–H groups in total. The number of hydrogen-bond donors (Lipinski definition) is 1. The Hall–Kier alpha value is -2.69. The Balaban J connectivity index is 2.36. The molecule has 0 aromatic heterocycles. The average molecular weight is 384 g/mol. The summed E-state index contributed by atoms with van der Waals surface area (Å²) in [5.74, 6) is -0.607. The summed E-state index contributed by atoms with van der Waals surface area (Å²) in [7, 11) is 0. The molecule has 0 bridgehead atoms. The summed E-state index contributed by atoms with van der Waals surface area (Å²) in [5, 5.41) is 2.96. The van der Waals surface area contributed by atoms with Crippen molar-refractivity contribution in [2.75, 3.05) is 6.54 Å². The minimum Gasteiger partial charge on any atom is -0.354 e. The number of carbonyl (C=O) groups excluding carboxylic acids is 2. The van der Waals surface area contributed by atoms with E-state index >= 15 is 0 Å². The molecule has 4 nitrogen and oxygen atoms in total. The lowest BCUT2D eigenvalue weighted by Gasteiger charge is -2.31. The van der Waals surface area contributed by atoms with Gasteiger partial charge in [-0.2, -0.15) is 0 Å². The van der Waals surface area contributed by atoms with Crippen molar-refractivity contribution in [3.05, 3.63) is 71.5 Å². The standard InChI is InChI=1S/C23H29FN2O2/c1-3-5-16-25-23(28)22(19-10-7-6-8-11-19)26(21(27)9-4-2)17-18-12-14-20(24)15-13-18/h6-8,10-15,22H,3-5,9,16-17H2,1-2H3,(H,25,28). The highest BCUT2D eigenvalue weighted by molar-refractivity contribution is 5.88. The lowest BCUT2D eigenvalue weighted by molar-refractivity contribution is -0.141. The van der Waals surface area contributed by atoms with Crippen LogP contribution in [-0.4, -0.2) is 23.3 Å². The van der Waals surface area contributed by atoms with Crippen LogP contribution in [0.3, 0.4) is 0 Å². The van der Waals surface area contributed by atoms with Crippen LogP contribution in [0.1, 0.15) is 56.7 Å². The highest BCUT2D eigenvalue weighted by Gasteiger charge is 2.30. The summed E-state index contributed by atoms with van der Waals surface area (Å²) in [6, 6.07) is 14.7. The number of carbonyl (C=O) groups is 2. The van der Waals surface area contributed by atoms with Crippen molar-refractivity contribution in [1.82, 2.24) is 10.2 Å². The fourth-order valence-corrected chi connectivity index (χ4v) is 3.06. The number of rotatable bonds is 10. The molecule has 1 atom stereocenters. The van der Waals surface area contributed by atoms with E-state index in [1.807, 2.05) is 37.3 Å². The van der Waals surface area contributed by atoms with Crippen LogP contribution in [0.5, 0.6) is 0 Å². The van der Waals surface area contributed by atoms with Crippen LogP contribution in [0.25, 0.3) is 0 Å². The maximum Gasteiger partial charge on any atom is 0.247 e. The first-order valence-corrected chi connectivity index (χ1v) is 9.93. The number of hydrogen-bond acceptors (Lipinski definition) is 2. The third kappa shape index (κ3) is 6.19. The molecule has 2 aromatic carbocycles. The molecule has 2 rings (SSSR count). The molecule has 0 fully saturated rings. The molecule has 0 aliphatic rings. The maximum atomic E-state index is 13.3. The molecule has 0 saturated heterocycles. The normalized spacial score (nSPS) is 11.7. The predicted octanol–water partition coefficient (Wildman–Crippen LogP) is 4.61. The van der Waals surface area contributed by atoms with Gasteiger partial charge in [-0.3, -0.25) is 9.59 Å². The quantitative estimate of drug-likeness (QED) is 0.608. The molecule has 0 saturated carbocycles. The average Bonchev–Trinajstić information content (AvgIpc) is 2.70. The molecule has 0 aliphatic heterocycles. The minimum absolute atomic E-state index is 0.0914. The monoisotopic (exact) mass is 384 g/mol. The van der Waals surface area contributed by atoms with Crippen LogP contribution in [0.4, 0.5) is 4.39 Å². The summed E-state index contributed by atoms with van der Waals surface area (Å²) in [4.78, 5) is 27.6. The number of halogens is 1. The summed E-state index contributed by atoms with van der Waals surface area (Å²) >= 11 is 0. The van der Waals surface area contributed by atoms with Gasteiger partial charge in [-0.25, -0.2) is 4.39 Å². The van der Waals surface area contributed by atoms with E-state index in [2.05, 4.69) is 12.2 Å². The lowest BCUT2D eigenvalue weighted by atomic mass is 10.0. The molecule has 1 unspecified atom stereocenters. The van der Waals surface area contributed by atoms with Crippen molar-refractivity contribution in [2.24, 2.45) is 0 Å². The number of nitrogens with one attached hydrogen (secondary N) is 1. The van der Waals surface area contributed by atoms with Crippen LogP contribution < -0.4 is 5.32 Å². The van der Waals surface area contributed by atoms with E-state index in [1.165, 1.54) is 12.1 Å². The maximum absolute atomic E-state index is 13.3. The van der Waals surface area contributed by atoms with Gasteiger partial charge in [0, 0.05) is 19.5 Å². The van der Waals surface area contributed by atoms with E-state index in [1.54, 1.807) is 17.0 Å². The first-order chi connectivity index (χ1) is 13.6. The zero-order valence-electron chi connectivity index (χ0n) is 16.7. The van der Waals surface area contributed by atoms with Crippen LogP contribution in [0.15, 0.2) is 54.6 Å². The van der Waals surface area contributed by atoms with E-state index in [0.29, 0.717) is 19.4 Å².